The van der Waals surface area contributed by atoms with Gasteiger partial charge in [0, 0.05) is 25.7 Å². The monoisotopic (exact) mass is 318 g/mol. The van der Waals surface area contributed by atoms with E-state index in [9.17, 15) is 13.6 Å². The van der Waals surface area contributed by atoms with Gasteiger partial charge in [-0.3, -0.25) is 4.79 Å². The zero-order valence-electron chi connectivity index (χ0n) is 9.84. The van der Waals surface area contributed by atoms with Crippen molar-refractivity contribution < 1.29 is 13.6 Å². The fourth-order valence-corrected chi connectivity index (χ4v) is 2.34. The van der Waals surface area contributed by atoms with Gasteiger partial charge >= 0.3 is 0 Å². The number of nitrogens with one attached hydrogen (secondary N) is 1. The topological polar surface area (TPSA) is 32.3 Å². The molecular formula is C12H13BrF2N2O. The number of rotatable bonds is 1. The molecule has 1 aliphatic rings. The summed E-state index contributed by atoms with van der Waals surface area (Å²) in [6, 6.07) is 2.26. The maximum atomic E-state index is 13.8. The quantitative estimate of drug-likeness (QED) is 0.805. The number of hydrogen-bond donors (Lipinski definition) is 1. The average Bonchev–Trinajstić information content (AvgIpc) is 2.35. The van der Waals surface area contributed by atoms with Crippen molar-refractivity contribution >= 4 is 21.8 Å². The zero-order valence-corrected chi connectivity index (χ0v) is 11.4. The van der Waals surface area contributed by atoms with Crippen LogP contribution in [0.25, 0.3) is 0 Å². The molecule has 1 fully saturated rings. The molecule has 1 N–H and O–H groups in total. The summed E-state index contributed by atoms with van der Waals surface area (Å²) in [6.07, 6.45) is 0. The summed E-state index contributed by atoms with van der Waals surface area (Å²) in [5.74, 6) is -2.27. The Labute approximate surface area is 112 Å². The molecule has 1 aliphatic heterocycles. The maximum Gasteiger partial charge on any atom is 0.260 e. The molecule has 98 valence electrons. The van der Waals surface area contributed by atoms with Gasteiger partial charge in [0.05, 0.1) is 4.47 Å². The van der Waals surface area contributed by atoms with Crippen LogP contribution in [0.5, 0.6) is 0 Å². The van der Waals surface area contributed by atoms with Crippen LogP contribution < -0.4 is 5.32 Å². The lowest BCUT2D eigenvalue weighted by Crippen LogP contribution is -2.52. The lowest BCUT2D eigenvalue weighted by atomic mass is 10.1. The molecule has 3 nitrogen and oxygen atoms in total. The summed E-state index contributed by atoms with van der Waals surface area (Å²) in [5.41, 5.74) is -0.488. The standard InChI is InChI=1S/C12H13BrF2N2O/c1-7-6-16-4-5-17(7)12(18)10-9(14)3-2-8(13)11(10)15/h2-3,7,16H,4-6H2,1H3/t7-/m1/s1. The molecule has 0 radical (unpaired) electrons. The third-order valence-electron chi connectivity index (χ3n) is 3.02. The van der Waals surface area contributed by atoms with Gasteiger partial charge < -0.3 is 10.2 Å². The number of amides is 1. The van der Waals surface area contributed by atoms with Gasteiger partial charge in [-0.1, -0.05) is 0 Å². The molecule has 1 aromatic rings. The normalized spacial score (nSPS) is 20.0. The summed E-state index contributed by atoms with van der Waals surface area (Å²) in [6.45, 7) is 3.56. The van der Waals surface area contributed by atoms with E-state index < -0.39 is 23.1 Å². The highest BCUT2D eigenvalue weighted by Gasteiger charge is 2.29. The van der Waals surface area contributed by atoms with E-state index in [0.29, 0.717) is 19.6 Å². The predicted molar refractivity (Wildman–Crippen MR) is 67.4 cm³/mol. The second kappa shape index (κ2) is 5.32. The van der Waals surface area contributed by atoms with Crippen LogP contribution in [-0.2, 0) is 0 Å². The lowest BCUT2D eigenvalue weighted by Gasteiger charge is -2.34. The van der Waals surface area contributed by atoms with Crippen molar-refractivity contribution in [1.29, 1.82) is 0 Å². The molecule has 18 heavy (non-hydrogen) atoms. The van der Waals surface area contributed by atoms with E-state index in [1.807, 2.05) is 6.92 Å². The number of halogens is 3. The first kappa shape index (κ1) is 13.4. The minimum absolute atomic E-state index is 0.0796. The van der Waals surface area contributed by atoms with Gasteiger partial charge in [-0.25, -0.2) is 8.78 Å². The molecule has 0 spiro atoms. The number of benzene rings is 1. The zero-order chi connectivity index (χ0) is 13.3. The third-order valence-corrected chi connectivity index (χ3v) is 3.63. The van der Waals surface area contributed by atoms with Gasteiger partial charge in [0.1, 0.15) is 11.4 Å². The van der Waals surface area contributed by atoms with Crippen molar-refractivity contribution in [2.75, 3.05) is 19.6 Å². The number of hydrogen-bond acceptors (Lipinski definition) is 2. The molecule has 0 aliphatic carbocycles. The van der Waals surface area contributed by atoms with E-state index in [-0.39, 0.29) is 10.5 Å². The van der Waals surface area contributed by atoms with Crippen LogP contribution in [-0.4, -0.2) is 36.5 Å². The first-order chi connectivity index (χ1) is 8.52. The minimum Gasteiger partial charge on any atom is -0.333 e. The second-order valence-electron chi connectivity index (χ2n) is 4.27. The van der Waals surface area contributed by atoms with Crippen molar-refractivity contribution in [2.24, 2.45) is 0 Å². The van der Waals surface area contributed by atoms with E-state index in [1.165, 1.54) is 11.0 Å². The van der Waals surface area contributed by atoms with Gasteiger partial charge in [-0.15, -0.1) is 0 Å². The summed E-state index contributed by atoms with van der Waals surface area (Å²) in [7, 11) is 0. The molecular weight excluding hydrogens is 306 g/mol. The van der Waals surface area contributed by atoms with Crippen molar-refractivity contribution in [2.45, 2.75) is 13.0 Å². The molecule has 6 heteroatoms. The summed E-state index contributed by atoms with van der Waals surface area (Å²) in [4.78, 5) is 13.7. The highest BCUT2D eigenvalue weighted by atomic mass is 79.9. The fraction of sp³-hybridized carbons (Fsp3) is 0.417. The smallest absolute Gasteiger partial charge is 0.260 e. The van der Waals surface area contributed by atoms with Crippen molar-refractivity contribution in [1.82, 2.24) is 10.2 Å². The molecule has 1 heterocycles. The molecule has 0 unspecified atom stereocenters. The molecule has 1 amide bonds. The third kappa shape index (κ3) is 2.40. The molecule has 0 aromatic heterocycles. The van der Waals surface area contributed by atoms with E-state index in [1.54, 1.807) is 0 Å². The van der Waals surface area contributed by atoms with E-state index in [2.05, 4.69) is 21.2 Å². The van der Waals surface area contributed by atoms with Crippen LogP contribution in [0.3, 0.4) is 0 Å². The van der Waals surface area contributed by atoms with Gasteiger partial charge in [0.25, 0.3) is 5.91 Å². The lowest BCUT2D eigenvalue weighted by molar-refractivity contribution is 0.0645. The highest BCUT2D eigenvalue weighted by Crippen LogP contribution is 2.23. The maximum absolute atomic E-state index is 13.8. The van der Waals surface area contributed by atoms with Gasteiger partial charge in [-0.05, 0) is 35.0 Å². The Morgan fingerprint density at radius 2 is 2.22 bits per heavy atom. The Morgan fingerprint density at radius 3 is 2.89 bits per heavy atom. The molecule has 1 aromatic carbocycles. The van der Waals surface area contributed by atoms with Crippen molar-refractivity contribution in [3.63, 3.8) is 0 Å². The van der Waals surface area contributed by atoms with Crippen LogP contribution in [0.15, 0.2) is 16.6 Å². The number of piperazine rings is 1. The molecule has 1 saturated heterocycles. The Kier molecular flexibility index (Phi) is 3.97. The average molecular weight is 319 g/mol. The number of nitrogens with zero attached hydrogens (tertiary/aromatic N) is 1. The Bertz CT molecular complexity index is 481. The molecule has 0 saturated carbocycles. The molecule has 0 bridgehead atoms. The summed E-state index contributed by atoms with van der Waals surface area (Å²) in [5, 5.41) is 3.12. The first-order valence-corrected chi connectivity index (χ1v) is 6.47. The van der Waals surface area contributed by atoms with Crippen LogP contribution in [0.2, 0.25) is 0 Å². The van der Waals surface area contributed by atoms with Crippen LogP contribution in [0, 0.1) is 11.6 Å². The minimum atomic E-state index is -0.842. The van der Waals surface area contributed by atoms with Gasteiger partial charge in [0.2, 0.25) is 0 Å². The number of carbonyl (C=O) groups is 1. The summed E-state index contributed by atoms with van der Waals surface area (Å²) >= 11 is 2.96. The molecule has 2 rings (SSSR count). The Hall–Kier alpha value is -1.01. The second-order valence-corrected chi connectivity index (χ2v) is 5.12. The Morgan fingerprint density at radius 1 is 1.50 bits per heavy atom. The van der Waals surface area contributed by atoms with Crippen molar-refractivity contribution in [3.8, 4) is 0 Å². The fourth-order valence-electron chi connectivity index (χ4n) is 2.01. The van der Waals surface area contributed by atoms with Crippen LogP contribution >= 0.6 is 15.9 Å². The van der Waals surface area contributed by atoms with E-state index in [4.69, 9.17) is 0 Å². The Balaban J connectivity index is 2.36. The predicted octanol–water partition coefficient (Wildman–Crippen LogP) is 2.16. The van der Waals surface area contributed by atoms with Gasteiger partial charge in [0.15, 0.2) is 5.82 Å². The van der Waals surface area contributed by atoms with Gasteiger partial charge in [-0.2, -0.15) is 0 Å². The van der Waals surface area contributed by atoms with Crippen LogP contribution in [0.1, 0.15) is 17.3 Å². The SMILES string of the molecule is C[C@@H]1CNCCN1C(=O)c1c(F)ccc(Br)c1F. The van der Waals surface area contributed by atoms with Crippen molar-refractivity contribution in [3.05, 3.63) is 33.8 Å². The summed E-state index contributed by atoms with van der Waals surface area (Å²) < 4.78 is 27.6. The largest absolute Gasteiger partial charge is 0.333 e. The van der Waals surface area contributed by atoms with Crippen LogP contribution in [0.4, 0.5) is 8.78 Å². The van der Waals surface area contributed by atoms with E-state index in [0.717, 1.165) is 6.07 Å². The first-order valence-electron chi connectivity index (χ1n) is 5.67. The highest BCUT2D eigenvalue weighted by molar-refractivity contribution is 9.10. The number of carbonyl (C=O) groups excluding carboxylic acids is 1. The van der Waals surface area contributed by atoms with E-state index >= 15 is 0 Å². The molecule has 1 atom stereocenters.